The molecule has 0 amide bonds. The van der Waals surface area contributed by atoms with E-state index >= 15 is 0 Å². The van der Waals surface area contributed by atoms with Crippen molar-refractivity contribution in [1.82, 2.24) is 4.98 Å². The Kier molecular flexibility index (Phi) is 3.02. The average molecular weight is 241 g/mol. The number of aromatic nitrogens is 1. The highest BCUT2D eigenvalue weighted by Gasteiger charge is 2.10. The van der Waals surface area contributed by atoms with E-state index in [0.29, 0.717) is 11.3 Å². The van der Waals surface area contributed by atoms with Gasteiger partial charge in [-0.15, -0.1) is 0 Å². The lowest BCUT2D eigenvalue weighted by Crippen LogP contribution is -2.13. The fourth-order valence-electron chi connectivity index (χ4n) is 1.69. The Hall–Kier alpha value is -2.74. The molecular formula is C13H11N3O2. The third-order valence-corrected chi connectivity index (χ3v) is 2.57. The summed E-state index contributed by atoms with van der Waals surface area (Å²) in [6.45, 7) is 0. The second kappa shape index (κ2) is 4.63. The van der Waals surface area contributed by atoms with Gasteiger partial charge in [-0.3, -0.25) is 4.79 Å². The molecule has 0 saturated heterocycles. The summed E-state index contributed by atoms with van der Waals surface area (Å²) in [4.78, 5) is 14.0. The van der Waals surface area contributed by atoms with Crippen molar-refractivity contribution in [3.63, 3.8) is 0 Å². The normalized spacial score (nSPS) is 9.78. The van der Waals surface area contributed by atoms with E-state index in [1.54, 1.807) is 37.4 Å². The number of nitrogen functional groups attached to an aromatic ring is 1. The molecule has 5 heteroatoms. The van der Waals surface area contributed by atoms with Crippen LogP contribution in [-0.4, -0.2) is 12.1 Å². The Balaban J connectivity index is 2.63. The van der Waals surface area contributed by atoms with Crippen LogP contribution >= 0.6 is 0 Å². The predicted molar refractivity (Wildman–Crippen MR) is 68.2 cm³/mol. The van der Waals surface area contributed by atoms with Gasteiger partial charge in [-0.25, -0.2) is 0 Å². The molecule has 18 heavy (non-hydrogen) atoms. The Morgan fingerprint density at radius 3 is 2.56 bits per heavy atom. The molecule has 0 fully saturated rings. The summed E-state index contributed by atoms with van der Waals surface area (Å²) in [6, 6.07) is 10.5. The largest absolute Gasteiger partial charge is 0.497 e. The first-order chi connectivity index (χ1) is 8.65. The molecule has 0 aliphatic rings. The van der Waals surface area contributed by atoms with Gasteiger partial charge in [-0.2, -0.15) is 5.26 Å². The fourth-order valence-corrected chi connectivity index (χ4v) is 1.69. The van der Waals surface area contributed by atoms with Gasteiger partial charge in [-0.1, -0.05) is 12.1 Å². The van der Waals surface area contributed by atoms with Gasteiger partial charge in [0.2, 0.25) is 0 Å². The maximum atomic E-state index is 11.6. The number of nitrogens with zero attached hydrogens (tertiary/aromatic N) is 1. The number of rotatable bonds is 2. The van der Waals surface area contributed by atoms with Gasteiger partial charge in [0.15, 0.2) is 0 Å². The van der Waals surface area contributed by atoms with Crippen LogP contribution in [0.1, 0.15) is 5.56 Å². The van der Waals surface area contributed by atoms with Crippen molar-refractivity contribution in [1.29, 1.82) is 5.26 Å². The quantitative estimate of drug-likeness (QED) is 0.833. The average Bonchev–Trinajstić information content (AvgIpc) is 2.38. The number of aromatic amines is 1. The number of anilines is 1. The van der Waals surface area contributed by atoms with E-state index in [4.69, 9.17) is 15.7 Å². The number of ether oxygens (including phenoxy) is 1. The zero-order valence-corrected chi connectivity index (χ0v) is 9.73. The number of nitrogens with two attached hydrogens (primary N) is 1. The summed E-state index contributed by atoms with van der Waals surface area (Å²) in [5, 5.41) is 9.02. The van der Waals surface area contributed by atoms with Crippen molar-refractivity contribution < 1.29 is 4.74 Å². The summed E-state index contributed by atoms with van der Waals surface area (Å²) in [5.74, 6) is 0.930. The van der Waals surface area contributed by atoms with Gasteiger partial charge >= 0.3 is 0 Å². The molecule has 0 aliphatic heterocycles. The van der Waals surface area contributed by atoms with E-state index in [0.717, 1.165) is 5.56 Å². The van der Waals surface area contributed by atoms with Crippen LogP contribution in [0, 0.1) is 11.3 Å². The third-order valence-electron chi connectivity index (χ3n) is 2.57. The second-order valence-electron chi connectivity index (χ2n) is 3.68. The van der Waals surface area contributed by atoms with Crippen LogP contribution in [0.4, 0.5) is 5.82 Å². The molecule has 3 N–H and O–H groups in total. The molecular weight excluding hydrogens is 230 g/mol. The first-order valence-electron chi connectivity index (χ1n) is 5.23. The van der Waals surface area contributed by atoms with E-state index in [2.05, 4.69) is 4.98 Å². The Morgan fingerprint density at radius 2 is 2.00 bits per heavy atom. The first-order valence-corrected chi connectivity index (χ1v) is 5.23. The minimum atomic E-state index is -0.483. The number of nitriles is 1. The van der Waals surface area contributed by atoms with Crippen LogP contribution in [-0.2, 0) is 0 Å². The predicted octanol–water partition coefficient (Wildman–Crippen LogP) is 1.50. The van der Waals surface area contributed by atoms with Gasteiger partial charge < -0.3 is 15.5 Å². The highest BCUT2D eigenvalue weighted by Crippen LogP contribution is 2.24. The van der Waals surface area contributed by atoms with Crippen molar-refractivity contribution in [2.24, 2.45) is 0 Å². The number of hydrogen-bond donors (Lipinski definition) is 2. The number of pyridine rings is 1. The fraction of sp³-hybridized carbons (Fsp3) is 0.0769. The van der Waals surface area contributed by atoms with E-state index in [-0.39, 0.29) is 11.4 Å². The molecule has 1 heterocycles. The van der Waals surface area contributed by atoms with Gasteiger partial charge in [0.05, 0.1) is 7.11 Å². The van der Waals surface area contributed by atoms with Crippen molar-refractivity contribution in [2.45, 2.75) is 0 Å². The van der Waals surface area contributed by atoms with Gasteiger partial charge in [0.1, 0.15) is 23.2 Å². The Labute approximate surface area is 103 Å². The van der Waals surface area contributed by atoms with E-state index < -0.39 is 5.56 Å². The van der Waals surface area contributed by atoms with Crippen LogP contribution in [0.5, 0.6) is 5.75 Å². The number of benzene rings is 1. The van der Waals surface area contributed by atoms with Gasteiger partial charge in [0, 0.05) is 5.56 Å². The number of H-pyrrole nitrogens is 1. The lowest BCUT2D eigenvalue weighted by Gasteiger charge is -2.06. The van der Waals surface area contributed by atoms with E-state index in [9.17, 15) is 4.79 Å². The maximum absolute atomic E-state index is 11.6. The summed E-state index contributed by atoms with van der Waals surface area (Å²) in [6.07, 6.45) is 0. The molecule has 5 nitrogen and oxygen atoms in total. The minimum Gasteiger partial charge on any atom is -0.497 e. The lowest BCUT2D eigenvalue weighted by molar-refractivity contribution is 0.415. The number of hydrogen-bond acceptors (Lipinski definition) is 4. The summed E-state index contributed by atoms with van der Waals surface area (Å²) in [7, 11) is 1.57. The van der Waals surface area contributed by atoms with Crippen LogP contribution in [0.15, 0.2) is 35.1 Å². The Morgan fingerprint density at radius 1 is 1.33 bits per heavy atom. The van der Waals surface area contributed by atoms with Crippen LogP contribution in [0.3, 0.4) is 0 Å². The standard InChI is InChI=1S/C13H11N3O2/c1-18-9-4-2-8(3-5-9)10-6-12(15)16-13(17)11(10)7-14/h2-6H,1H3,(H3,15,16,17). The topological polar surface area (TPSA) is 91.9 Å². The van der Waals surface area contributed by atoms with Gasteiger partial charge in [0.25, 0.3) is 5.56 Å². The van der Waals surface area contributed by atoms with Gasteiger partial charge in [-0.05, 0) is 23.8 Å². The SMILES string of the molecule is COc1ccc(-c2cc(N)[nH]c(=O)c2C#N)cc1. The van der Waals surface area contributed by atoms with Crippen molar-refractivity contribution in [3.05, 3.63) is 46.2 Å². The molecule has 0 aliphatic carbocycles. The molecule has 0 bridgehead atoms. The second-order valence-corrected chi connectivity index (χ2v) is 3.68. The van der Waals surface area contributed by atoms with Crippen LogP contribution < -0.4 is 16.0 Å². The summed E-state index contributed by atoms with van der Waals surface area (Å²) >= 11 is 0. The van der Waals surface area contributed by atoms with Crippen LogP contribution in [0.25, 0.3) is 11.1 Å². The van der Waals surface area contributed by atoms with Crippen LogP contribution in [0.2, 0.25) is 0 Å². The highest BCUT2D eigenvalue weighted by atomic mass is 16.5. The number of methoxy groups -OCH3 is 1. The molecule has 1 aromatic heterocycles. The zero-order valence-electron chi connectivity index (χ0n) is 9.73. The molecule has 90 valence electrons. The zero-order chi connectivity index (χ0) is 13.1. The van der Waals surface area contributed by atoms with Crippen molar-refractivity contribution >= 4 is 5.82 Å². The first kappa shape index (κ1) is 11.7. The molecule has 0 atom stereocenters. The summed E-state index contributed by atoms with van der Waals surface area (Å²) < 4.78 is 5.05. The van der Waals surface area contributed by atoms with E-state index in [1.807, 2.05) is 6.07 Å². The minimum absolute atomic E-state index is 0.0503. The smallest absolute Gasteiger partial charge is 0.268 e. The number of nitrogens with one attached hydrogen (secondary N) is 1. The molecule has 1 aromatic carbocycles. The highest BCUT2D eigenvalue weighted by molar-refractivity contribution is 5.72. The summed E-state index contributed by atoms with van der Waals surface area (Å²) in [5.41, 5.74) is 6.41. The molecule has 0 unspecified atom stereocenters. The van der Waals surface area contributed by atoms with Crippen molar-refractivity contribution in [2.75, 3.05) is 12.8 Å². The molecule has 0 spiro atoms. The molecule has 0 radical (unpaired) electrons. The molecule has 2 rings (SSSR count). The Bertz CT molecular complexity index is 666. The monoisotopic (exact) mass is 241 g/mol. The maximum Gasteiger partial charge on any atom is 0.268 e. The lowest BCUT2D eigenvalue weighted by atomic mass is 10.0. The van der Waals surface area contributed by atoms with Crippen molar-refractivity contribution in [3.8, 4) is 22.9 Å². The molecule has 2 aromatic rings. The third kappa shape index (κ3) is 2.04. The van der Waals surface area contributed by atoms with E-state index in [1.165, 1.54) is 0 Å². The molecule has 0 saturated carbocycles.